The molecule has 0 bridgehead atoms. The van der Waals surface area contributed by atoms with Crippen molar-refractivity contribution in [2.75, 3.05) is 14.1 Å². The van der Waals surface area contributed by atoms with Crippen LogP contribution in [-0.4, -0.2) is 36.1 Å². The molecule has 0 heterocycles. The number of benzene rings is 1. The van der Waals surface area contributed by atoms with Gasteiger partial charge in [-0.2, -0.15) is 0 Å². The second-order valence-corrected chi connectivity index (χ2v) is 5.54. The average molecular weight is 262 g/mol. The Labute approximate surface area is 114 Å². The maximum absolute atomic E-state index is 10.9. The molecule has 0 aliphatic heterocycles. The molecule has 19 heavy (non-hydrogen) atoms. The van der Waals surface area contributed by atoms with E-state index in [4.69, 9.17) is 10.8 Å². The van der Waals surface area contributed by atoms with Gasteiger partial charge in [-0.3, -0.25) is 4.79 Å². The molecular formula is C15H22N2O2. The molecule has 104 valence electrons. The summed E-state index contributed by atoms with van der Waals surface area (Å²) in [4.78, 5) is 13.0. The lowest BCUT2D eigenvalue weighted by molar-refractivity contribution is -0.139. The van der Waals surface area contributed by atoms with Crippen molar-refractivity contribution in [3.8, 4) is 0 Å². The summed E-state index contributed by atoms with van der Waals surface area (Å²) in [6, 6.07) is 5.75. The van der Waals surface area contributed by atoms with Gasteiger partial charge >= 0.3 is 5.97 Å². The molecule has 4 nitrogen and oxygen atoms in total. The number of aliphatic carboxylic acids is 1. The number of carboxylic acid groups (broad SMARTS) is 1. The van der Waals surface area contributed by atoms with Gasteiger partial charge in [0.2, 0.25) is 0 Å². The standard InChI is InChI=1S/C15H22N2O2/c1-17(2)14(9-13(16)15(18)19)12-7-6-10-4-3-5-11(10)8-12/h6-8,13-14H,3-5,9,16H2,1-2H3,(H,18,19). The first-order valence-electron chi connectivity index (χ1n) is 6.75. The Bertz CT molecular complexity index is 471. The van der Waals surface area contributed by atoms with Crippen LogP contribution in [-0.2, 0) is 17.6 Å². The molecule has 0 fully saturated rings. The number of fused-ring (bicyclic) bond motifs is 1. The third-order valence-corrected chi connectivity index (χ3v) is 3.93. The number of hydrogen-bond acceptors (Lipinski definition) is 3. The maximum atomic E-state index is 10.9. The molecule has 0 saturated heterocycles. The van der Waals surface area contributed by atoms with Crippen molar-refractivity contribution in [1.29, 1.82) is 0 Å². The van der Waals surface area contributed by atoms with Gasteiger partial charge in [-0.05, 0) is 56.5 Å². The van der Waals surface area contributed by atoms with Crippen LogP contribution in [0.2, 0.25) is 0 Å². The molecular weight excluding hydrogens is 240 g/mol. The topological polar surface area (TPSA) is 66.6 Å². The van der Waals surface area contributed by atoms with Crippen molar-refractivity contribution >= 4 is 5.97 Å². The van der Waals surface area contributed by atoms with Crippen LogP contribution in [0.25, 0.3) is 0 Å². The van der Waals surface area contributed by atoms with E-state index in [0.717, 1.165) is 12.8 Å². The summed E-state index contributed by atoms with van der Waals surface area (Å²) in [6.45, 7) is 0. The molecule has 0 radical (unpaired) electrons. The van der Waals surface area contributed by atoms with Gasteiger partial charge in [-0.25, -0.2) is 0 Å². The quantitative estimate of drug-likeness (QED) is 0.845. The predicted octanol–water partition coefficient (Wildman–Crippen LogP) is 1.58. The highest BCUT2D eigenvalue weighted by atomic mass is 16.4. The Balaban J connectivity index is 2.21. The van der Waals surface area contributed by atoms with Gasteiger partial charge in [-0.1, -0.05) is 18.2 Å². The van der Waals surface area contributed by atoms with Gasteiger partial charge in [-0.15, -0.1) is 0 Å². The number of hydrogen-bond donors (Lipinski definition) is 2. The smallest absolute Gasteiger partial charge is 0.320 e. The molecule has 0 saturated carbocycles. The van der Waals surface area contributed by atoms with Crippen LogP contribution >= 0.6 is 0 Å². The molecule has 1 aliphatic carbocycles. The first-order valence-corrected chi connectivity index (χ1v) is 6.75. The van der Waals surface area contributed by atoms with Gasteiger partial charge in [0, 0.05) is 6.04 Å². The Morgan fingerprint density at radius 2 is 2.05 bits per heavy atom. The fourth-order valence-electron chi connectivity index (χ4n) is 2.79. The Morgan fingerprint density at radius 3 is 2.68 bits per heavy atom. The van der Waals surface area contributed by atoms with Crippen molar-refractivity contribution in [3.63, 3.8) is 0 Å². The van der Waals surface area contributed by atoms with Crippen LogP contribution in [0.5, 0.6) is 0 Å². The van der Waals surface area contributed by atoms with Gasteiger partial charge < -0.3 is 15.7 Å². The van der Waals surface area contributed by atoms with Crippen LogP contribution in [0.15, 0.2) is 18.2 Å². The van der Waals surface area contributed by atoms with Crippen molar-refractivity contribution in [3.05, 3.63) is 34.9 Å². The molecule has 2 rings (SSSR count). The summed E-state index contributed by atoms with van der Waals surface area (Å²) in [5.74, 6) is -0.937. The average Bonchev–Trinajstić information content (AvgIpc) is 2.81. The predicted molar refractivity (Wildman–Crippen MR) is 75.1 cm³/mol. The Hall–Kier alpha value is -1.39. The van der Waals surface area contributed by atoms with Gasteiger partial charge in [0.05, 0.1) is 0 Å². The number of carbonyl (C=O) groups is 1. The first-order chi connectivity index (χ1) is 8.99. The summed E-state index contributed by atoms with van der Waals surface area (Å²) >= 11 is 0. The SMILES string of the molecule is CN(C)C(CC(N)C(=O)O)c1ccc2c(c1)CCC2. The number of nitrogens with two attached hydrogens (primary N) is 1. The van der Waals surface area contributed by atoms with Crippen molar-refractivity contribution in [1.82, 2.24) is 4.90 Å². The van der Waals surface area contributed by atoms with E-state index in [1.807, 2.05) is 19.0 Å². The highest BCUT2D eigenvalue weighted by molar-refractivity contribution is 5.73. The monoisotopic (exact) mass is 262 g/mol. The first kappa shape index (κ1) is 14.0. The van der Waals surface area contributed by atoms with Gasteiger partial charge in [0.1, 0.15) is 6.04 Å². The van der Waals surface area contributed by atoms with Crippen LogP contribution < -0.4 is 5.73 Å². The number of nitrogens with zero attached hydrogens (tertiary/aromatic N) is 1. The molecule has 2 unspecified atom stereocenters. The molecule has 2 atom stereocenters. The summed E-state index contributed by atoms with van der Waals surface area (Å²) in [7, 11) is 3.93. The number of carboxylic acids is 1. The third kappa shape index (κ3) is 3.14. The highest BCUT2D eigenvalue weighted by Crippen LogP contribution is 2.29. The Morgan fingerprint density at radius 1 is 1.37 bits per heavy atom. The zero-order valence-electron chi connectivity index (χ0n) is 11.6. The minimum absolute atomic E-state index is 0.0528. The summed E-state index contributed by atoms with van der Waals surface area (Å²) in [5.41, 5.74) is 9.69. The lowest BCUT2D eigenvalue weighted by Gasteiger charge is -2.26. The minimum Gasteiger partial charge on any atom is -0.480 e. The summed E-state index contributed by atoms with van der Waals surface area (Å²) in [5, 5.41) is 8.97. The zero-order chi connectivity index (χ0) is 14.0. The van der Waals surface area contributed by atoms with Gasteiger partial charge in [0.25, 0.3) is 0 Å². The molecule has 1 aliphatic rings. The largest absolute Gasteiger partial charge is 0.480 e. The minimum atomic E-state index is -0.937. The van der Waals surface area contributed by atoms with E-state index < -0.39 is 12.0 Å². The molecule has 1 aromatic carbocycles. The van der Waals surface area contributed by atoms with Crippen LogP contribution in [0, 0.1) is 0 Å². The van der Waals surface area contributed by atoms with E-state index >= 15 is 0 Å². The molecule has 0 spiro atoms. The van der Waals surface area contributed by atoms with E-state index in [2.05, 4.69) is 18.2 Å². The fourth-order valence-corrected chi connectivity index (χ4v) is 2.79. The molecule has 3 N–H and O–H groups in total. The van der Waals surface area contributed by atoms with Crippen molar-refractivity contribution < 1.29 is 9.90 Å². The normalized spacial score (nSPS) is 17.3. The van der Waals surface area contributed by atoms with Crippen LogP contribution in [0.3, 0.4) is 0 Å². The highest BCUT2D eigenvalue weighted by Gasteiger charge is 2.23. The number of aryl methyl sites for hydroxylation is 2. The summed E-state index contributed by atoms with van der Waals surface area (Å²) in [6.07, 6.45) is 3.95. The van der Waals surface area contributed by atoms with Crippen molar-refractivity contribution in [2.45, 2.75) is 37.8 Å². The number of rotatable bonds is 5. The lowest BCUT2D eigenvalue weighted by atomic mass is 9.95. The fraction of sp³-hybridized carbons (Fsp3) is 0.533. The van der Waals surface area contributed by atoms with E-state index in [-0.39, 0.29) is 6.04 Å². The van der Waals surface area contributed by atoms with Crippen LogP contribution in [0.4, 0.5) is 0 Å². The second kappa shape index (κ2) is 5.72. The molecule has 0 amide bonds. The van der Waals surface area contributed by atoms with E-state index in [1.54, 1.807) is 0 Å². The van der Waals surface area contributed by atoms with Gasteiger partial charge in [0.15, 0.2) is 0 Å². The van der Waals surface area contributed by atoms with Crippen molar-refractivity contribution in [2.24, 2.45) is 5.73 Å². The van der Waals surface area contributed by atoms with E-state index in [1.165, 1.54) is 23.1 Å². The van der Waals surface area contributed by atoms with E-state index in [0.29, 0.717) is 6.42 Å². The molecule has 0 aromatic heterocycles. The van der Waals surface area contributed by atoms with E-state index in [9.17, 15) is 4.79 Å². The van der Waals surface area contributed by atoms with Crippen LogP contribution in [0.1, 0.15) is 35.6 Å². The maximum Gasteiger partial charge on any atom is 0.320 e. The lowest BCUT2D eigenvalue weighted by Crippen LogP contribution is -2.35. The third-order valence-electron chi connectivity index (χ3n) is 3.93. The Kier molecular flexibility index (Phi) is 4.22. The second-order valence-electron chi connectivity index (χ2n) is 5.54. The zero-order valence-corrected chi connectivity index (χ0v) is 11.6. The molecule has 4 heteroatoms. The summed E-state index contributed by atoms with van der Waals surface area (Å²) < 4.78 is 0. The molecule has 1 aromatic rings.